The van der Waals surface area contributed by atoms with Gasteiger partial charge in [-0.15, -0.1) is 0 Å². The standard InChI is InChI=1S/C39H39B/c1-5-15-33-29(4)26-32-19-9-7-11-22-36(32)39(33)40(38-28(3)24-25-31-18-12-13-23-35(31)38)37-27(2)16-14-20-30-17-8-6-10-21-34(30)37/h5,8-13,15-19,21-26,30H,6-7,14,20H2,1-4H3/b15-5-. The van der Waals surface area contributed by atoms with Crippen molar-refractivity contribution in [2.75, 3.05) is 0 Å². The van der Waals surface area contributed by atoms with Gasteiger partial charge in [-0.25, -0.2) is 0 Å². The van der Waals surface area contributed by atoms with Crippen LogP contribution in [0.2, 0.25) is 0 Å². The van der Waals surface area contributed by atoms with Crippen molar-refractivity contribution in [3.63, 3.8) is 0 Å². The van der Waals surface area contributed by atoms with Gasteiger partial charge in [-0.1, -0.05) is 137 Å². The van der Waals surface area contributed by atoms with Crippen LogP contribution in [0.15, 0.2) is 108 Å². The van der Waals surface area contributed by atoms with E-state index in [4.69, 9.17) is 0 Å². The van der Waals surface area contributed by atoms with Gasteiger partial charge < -0.3 is 0 Å². The third kappa shape index (κ3) is 4.73. The van der Waals surface area contributed by atoms with E-state index in [1.165, 1.54) is 66.1 Å². The lowest BCUT2D eigenvalue weighted by molar-refractivity contribution is 0.703. The highest BCUT2D eigenvalue weighted by Gasteiger charge is 2.36. The fourth-order valence-corrected chi connectivity index (χ4v) is 7.10. The van der Waals surface area contributed by atoms with Crippen molar-refractivity contribution in [1.29, 1.82) is 0 Å². The van der Waals surface area contributed by atoms with Crippen LogP contribution in [-0.2, 0) is 0 Å². The summed E-state index contributed by atoms with van der Waals surface area (Å²) in [6.07, 6.45) is 30.3. The van der Waals surface area contributed by atoms with Crippen molar-refractivity contribution in [3.8, 4) is 0 Å². The summed E-state index contributed by atoms with van der Waals surface area (Å²) in [4.78, 5) is 0. The van der Waals surface area contributed by atoms with Crippen molar-refractivity contribution in [2.45, 2.75) is 53.4 Å². The van der Waals surface area contributed by atoms with E-state index in [1.54, 1.807) is 0 Å². The fourth-order valence-electron chi connectivity index (χ4n) is 7.10. The first-order valence-corrected chi connectivity index (χ1v) is 14.9. The van der Waals surface area contributed by atoms with Crippen LogP contribution < -0.4 is 10.9 Å². The van der Waals surface area contributed by atoms with Crippen molar-refractivity contribution in [1.82, 2.24) is 0 Å². The van der Waals surface area contributed by atoms with Crippen LogP contribution >= 0.6 is 0 Å². The molecule has 0 fully saturated rings. The first kappa shape index (κ1) is 26.4. The quantitative estimate of drug-likeness (QED) is 0.239. The van der Waals surface area contributed by atoms with E-state index < -0.39 is 0 Å². The Morgan fingerprint density at radius 2 is 1.62 bits per heavy atom. The van der Waals surface area contributed by atoms with Crippen LogP contribution in [0, 0.1) is 19.8 Å². The Labute approximate surface area is 241 Å². The third-order valence-corrected chi connectivity index (χ3v) is 8.93. The van der Waals surface area contributed by atoms with Crippen LogP contribution in [0.25, 0.3) is 29.0 Å². The van der Waals surface area contributed by atoms with E-state index in [0.717, 1.165) is 25.7 Å². The van der Waals surface area contributed by atoms with Crippen molar-refractivity contribution in [3.05, 3.63) is 136 Å². The van der Waals surface area contributed by atoms with Gasteiger partial charge >= 0.3 is 0 Å². The van der Waals surface area contributed by atoms with Crippen molar-refractivity contribution in [2.24, 2.45) is 5.92 Å². The van der Waals surface area contributed by atoms with Gasteiger partial charge in [-0.2, -0.15) is 0 Å². The lowest BCUT2D eigenvalue weighted by Crippen LogP contribution is -2.49. The Balaban J connectivity index is 1.83. The molecule has 0 saturated carbocycles. The Morgan fingerprint density at radius 1 is 0.825 bits per heavy atom. The maximum absolute atomic E-state index is 2.51. The Kier molecular flexibility index (Phi) is 7.48. The second-order valence-corrected chi connectivity index (χ2v) is 11.5. The van der Waals surface area contributed by atoms with E-state index >= 15 is 0 Å². The minimum atomic E-state index is 0.102. The molecule has 1 unspecified atom stereocenters. The molecule has 0 radical (unpaired) electrons. The average Bonchev–Trinajstić information content (AvgIpc) is 3.39. The molecule has 0 bridgehead atoms. The molecule has 0 nitrogen and oxygen atoms in total. The number of benzene rings is 3. The van der Waals surface area contributed by atoms with Gasteiger partial charge in [0.05, 0.1) is 0 Å². The fraction of sp³-hybridized carbons (Fsp3) is 0.231. The predicted molar refractivity (Wildman–Crippen MR) is 179 cm³/mol. The van der Waals surface area contributed by atoms with Crippen LogP contribution in [0.3, 0.4) is 0 Å². The molecule has 3 aromatic rings. The van der Waals surface area contributed by atoms with Crippen molar-refractivity contribution >= 4 is 46.6 Å². The van der Waals surface area contributed by atoms with Gasteiger partial charge in [-0.3, -0.25) is 0 Å². The van der Waals surface area contributed by atoms with E-state index in [9.17, 15) is 0 Å². The number of allylic oxidation sites excluding steroid dienone is 11. The third-order valence-electron chi connectivity index (χ3n) is 8.93. The summed E-state index contributed by atoms with van der Waals surface area (Å²) in [6, 6.07) is 16.0. The van der Waals surface area contributed by atoms with Crippen molar-refractivity contribution < 1.29 is 0 Å². The second-order valence-electron chi connectivity index (χ2n) is 11.5. The molecule has 6 rings (SSSR count). The monoisotopic (exact) mass is 518 g/mol. The van der Waals surface area contributed by atoms with E-state index in [1.807, 2.05) is 0 Å². The maximum atomic E-state index is 2.51. The molecular formula is C39H39B. The molecule has 0 amide bonds. The smallest absolute Gasteiger partial charge is 0.0871 e. The zero-order chi connectivity index (χ0) is 27.6. The average molecular weight is 519 g/mol. The molecule has 1 atom stereocenters. The molecule has 0 heterocycles. The molecule has 0 aliphatic heterocycles. The SMILES string of the molecule is C/C=C\c1c(C)cc2c(c1B(C1=C3C=CCC=CC3CCC=C1C)c1c(C)ccc3ccccc13)C=CCC=C2. The first-order valence-electron chi connectivity index (χ1n) is 14.9. The molecule has 3 aliphatic carbocycles. The van der Waals surface area contributed by atoms with Gasteiger partial charge in [0.15, 0.2) is 0 Å². The molecule has 198 valence electrons. The second kappa shape index (κ2) is 11.3. The summed E-state index contributed by atoms with van der Waals surface area (Å²) in [5.41, 5.74) is 14.0. The zero-order valence-corrected chi connectivity index (χ0v) is 24.4. The number of rotatable bonds is 4. The Hall–Kier alpha value is -3.84. The van der Waals surface area contributed by atoms with E-state index in [2.05, 4.69) is 137 Å². The molecule has 0 N–H and O–H groups in total. The van der Waals surface area contributed by atoms with Crippen LogP contribution in [0.5, 0.6) is 0 Å². The minimum Gasteiger partial charge on any atom is -0.0871 e. The van der Waals surface area contributed by atoms with Gasteiger partial charge in [0, 0.05) is 5.92 Å². The highest BCUT2D eigenvalue weighted by molar-refractivity contribution is 6.94. The summed E-state index contributed by atoms with van der Waals surface area (Å²) in [7, 11) is 0. The highest BCUT2D eigenvalue weighted by Crippen LogP contribution is 2.36. The largest absolute Gasteiger partial charge is 0.244 e. The molecule has 40 heavy (non-hydrogen) atoms. The Bertz CT molecular complexity index is 1680. The van der Waals surface area contributed by atoms with Gasteiger partial charge in [0.1, 0.15) is 0 Å². The predicted octanol–water partition coefficient (Wildman–Crippen LogP) is 9.24. The van der Waals surface area contributed by atoms with Gasteiger partial charge in [-0.05, 0) is 92.0 Å². The van der Waals surface area contributed by atoms with E-state index in [0.29, 0.717) is 5.92 Å². The number of aryl methyl sites for hydroxylation is 2. The summed E-state index contributed by atoms with van der Waals surface area (Å²) < 4.78 is 0. The van der Waals surface area contributed by atoms with Crippen LogP contribution in [0.4, 0.5) is 0 Å². The molecule has 0 aromatic heterocycles. The molecule has 1 heteroatoms. The molecular weight excluding hydrogens is 479 g/mol. The van der Waals surface area contributed by atoms with Crippen LogP contribution in [0.1, 0.15) is 67.3 Å². The highest BCUT2D eigenvalue weighted by atomic mass is 14.2. The molecule has 3 aromatic carbocycles. The lowest BCUT2D eigenvalue weighted by atomic mass is 9.31. The number of hydrogen-bond acceptors (Lipinski definition) is 0. The summed E-state index contributed by atoms with van der Waals surface area (Å²) in [5.74, 6) is 0.434. The normalized spacial score (nSPS) is 18.4. The molecule has 0 saturated heterocycles. The molecule has 3 aliphatic rings. The maximum Gasteiger partial charge on any atom is 0.244 e. The summed E-state index contributed by atoms with van der Waals surface area (Å²) >= 11 is 0. The Morgan fingerprint density at radius 3 is 2.50 bits per heavy atom. The lowest BCUT2D eigenvalue weighted by Gasteiger charge is -2.30. The van der Waals surface area contributed by atoms with Crippen LogP contribution in [-0.4, -0.2) is 6.71 Å². The number of fused-ring (bicyclic) bond motifs is 3. The zero-order valence-electron chi connectivity index (χ0n) is 24.4. The van der Waals surface area contributed by atoms with Gasteiger partial charge in [0.2, 0.25) is 6.71 Å². The van der Waals surface area contributed by atoms with E-state index in [-0.39, 0.29) is 6.71 Å². The first-order chi connectivity index (χ1) is 19.6. The minimum absolute atomic E-state index is 0.102. The summed E-state index contributed by atoms with van der Waals surface area (Å²) in [5, 5.41) is 2.67. The van der Waals surface area contributed by atoms with Gasteiger partial charge in [0.25, 0.3) is 0 Å². The topological polar surface area (TPSA) is 0 Å². The number of hydrogen-bond donors (Lipinski definition) is 0. The summed E-state index contributed by atoms with van der Waals surface area (Å²) in [6.45, 7) is 9.22. The molecule has 0 spiro atoms.